The number of rotatable bonds is 6. The standard InChI is InChI=1S/C24H27N3O2/c1-29-23-10-6-5-9-22(23)26-16-13-25(14-17-26)15-18-27-12-11-21(19-24(27)28)20-7-3-2-4-8-20/h2-12,19H,13-18H2,1H3. The molecule has 3 aromatic rings. The van der Waals surface area contributed by atoms with Crippen molar-refractivity contribution in [2.24, 2.45) is 0 Å². The quantitative estimate of drug-likeness (QED) is 0.648. The number of benzene rings is 2. The molecular weight excluding hydrogens is 362 g/mol. The fraction of sp³-hybridized carbons (Fsp3) is 0.292. The Bertz CT molecular complexity index is 992. The highest BCUT2D eigenvalue weighted by atomic mass is 16.5. The highest BCUT2D eigenvalue weighted by Crippen LogP contribution is 2.28. The third-order valence-corrected chi connectivity index (χ3v) is 5.56. The predicted molar refractivity (Wildman–Crippen MR) is 118 cm³/mol. The molecule has 0 saturated carbocycles. The van der Waals surface area contributed by atoms with Gasteiger partial charge in [-0.3, -0.25) is 9.69 Å². The van der Waals surface area contributed by atoms with E-state index in [0.717, 1.165) is 55.3 Å². The van der Waals surface area contributed by atoms with Crippen LogP contribution >= 0.6 is 0 Å². The molecule has 2 aromatic carbocycles. The first-order valence-corrected chi connectivity index (χ1v) is 10.1. The normalized spacial score (nSPS) is 14.7. The van der Waals surface area contributed by atoms with E-state index in [1.807, 2.05) is 54.7 Å². The molecule has 1 fully saturated rings. The molecule has 0 atom stereocenters. The average Bonchev–Trinajstić information content (AvgIpc) is 2.79. The Labute approximate surface area is 171 Å². The van der Waals surface area contributed by atoms with Gasteiger partial charge in [-0.25, -0.2) is 0 Å². The van der Waals surface area contributed by atoms with Crippen molar-refractivity contribution in [2.45, 2.75) is 6.54 Å². The van der Waals surface area contributed by atoms with Crippen LogP contribution in [0.4, 0.5) is 5.69 Å². The summed E-state index contributed by atoms with van der Waals surface area (Å²) in [4.78, 5) is 17.3. The molecule has 5 nitrogen and oxygen atoms in total. The van der Waals surface area contributed by atoms with Crippen molar-refractivity contribution in [3.05, 3.63) is 83.3 Å². The van der Waals surface area contributed by atoms with E-state index in [2.05, 4.69) is 21.9 Å². The van der Waals surface area contributed by atoms with E-state index in [0.29, 0.717) is 6.54 Å². The van der Waals surface area contributed by atoms with Crippen molar-refractivity contribution in [3.63, 3.8) is 0 Å². The molecule has 0 radical (unpaired) electrons. The maximum absolute atomic E-state index is 12.5. The Morgan fingerprint density at radius 2 is 1.55 bits per heavy atom. The third-order valence-electron chi connectivity index (χ3n) is 5.56. The zero-order chi connectivity index (χ0) is 20.1. The predicted octanol–water partition coefficient (Wildman–Crippen LogP) is 3.35. The third kappa shape index (κ3) is 4.51. The van der Waals surface area contributed by atoms with Gasteiger partial charge in [-0.2, -0.15) is 0 Å². The van der Waals surface area contributed by atoms with E-state index in [4.69, 9.17) is 4.74 Å². The first-order chi connectivity index (χ1) is 14.2. The van der Waals surface area contributed by atoms with Gasteiger partial charge in [0, 0.05) is 51.5 Å². The second kappa shape index (κ2) is 8.97. The highest BCUT2D eigenvalue weighted by Gasteiger charge is 2.19. The van der Waals surface area contributed by atoms with Crippen molar-refractivity contribution in [2.75, 3.05) is 44.7 Å². The Hall–Kier alpha value is -3.05. The summed E-state index contributed by atoms with van der Waals surface area (Å²) in [6.45, 7) is 5.47. The molecule has 0 N–H and O–H groups in total. The highest BCUT2D eigenvalue weighted by molar-refractivity contribution is 5.62. The van der Waals surface area contributed by atoms with Gasteiger partial charge in [-0.1, -0.05) is 42.5 Å². The summed E-state index contributed by atoms with van der Waals surface area (Å²) >= 11 is 0. The second-order valence-electron chi connectivity index (χ2n) is 7.31. The number of hydrogen-bond acceptors (Lipinski definition) is 4. The van der Waals surface area contributed by atoms with Gasteiger partial charge in [0.15, 0.2) is 0 Å². The summed E-state index contributed by atoms with van der Waals surface area (Å²) < 4.78 is 7.30. The Morgan fingerprint density at radius 3 is 2.28 bits per heavy atom. The molecule has 5 heteroatoms. The van der Waals surface area contributed by atoms with Gasteiger partial charge in [-0.05, 0) is 29.3 Å². The monoisotopic (exact) mass is 389 g/mol. The Morgan fingerprint density at radius 1 is 0.828 bits per heavy atom. The van der Waals surface area contributed by atoms with Crippen LogP contribution in [0.15, 0.2) is 77.7 Å². The summed E-state index contributed by atoms with van der Waals surface area (Å²) in [6.07, 6.45) is 1.91. The summed E-state index contributed by atoms with van der Waals surface area (Å²) in [5.41, 5.74) is 3.25. The van der Waals surface area contributed by atoms with E-state index in [1.54, 1.807) is 17.7 Å². The maximum Gasteiger partial charge on any atom is 0.251 e. The molecule has 29 heavy (non-hydrogen) atoms. The summed E-state index contributed by atoms with van der Waals surface area (Å²) in [5, 5.41) is 0. The number of methoxy groups -OCH3 is 1. The first-order valence-electron chi connectivity index (χ1n) is 10.1. The van der Waals surface area contributed by atoms with Gasteiger partial charge in [0.05, 0.1) is 12.8 Å². The topological polar surface area (TPSA) is 37.7 Å². The van der Waals surface area contributed by atoms with Crippen LogP contribution < -0.4 is 15.2 Å². The maximum atomic E-state index is 12.5. The summed E-state index contributed by atoms with van der Waals surface area (Å²) in [7, 11) is 1.72. The fourth-order valence-corrected chi connectivity index (χ4v) is 3.86. The van der Waals surface area contributed by atoms with Gasteiger partial charge >= 0.3 is 0 Å². The van der Waals surface area contributed by atoms with Crippen molar-refractivity contribution in [1.82, 2.24) is 9.47 Å². The lowest BCUT2D eigenvalue weighted by Crippen LogP contribution is -2.47. The molecule has 0 bridgehead atoms. The van der Waals surface area contributed by atoms with Crippen molar-refractivity contribution in [3.8, 4) is 16.9 Å². The Kier molecular flexibility index (Phi) is 5.96. The number of nitrogens with zero attached hydrogens (tertiary/aromatic N) is 3. The number of ether oxygens (including phenoxy) is 1. The van der Waals surface area contributed by atoms with E-state index in [9.17, 15) is 4.79 Å². The lowest BCUT2D eigenvalue weighted by molar-refractivity contribution is 0.246. The molecule has 1 aromatic heterocycles. The van der Waals surface area contributed by atoms with E-state index >= 15 is 0 Å². The number of anilines is 1. The van der Waals surface area contributed by atoms with Gasteiger partial charge in [0.25, 0.3) is 5.56 Å². The number of pyridine rings is 1. The van der Waals surface area contributed by atoms with Crippen molar-refractivity contribution >= 4 is 5.69 Å². The zero-order valence-corrected chi connectivity index (χ0v) is 16.8. The van der Waals surface area contributed by atoms with E-state index in [-0.39, 0.29) is 5.56 Å². The van der Waals surface area contributed by atoms with Crippen LogP contribution in [0.3, 0.4) is 0 Å². The van der Waals surface area contributed by atoms with Crippen LogP contribution in [0.25, 0.3) is 11.1 Å². The SMILES string of the molecule is COc1ccccc1N1CCN(CCn2ccc(-c3ccccc3)cc2=O)CC1. The van der Waals surface area contributed by atoms with Crippen molar-refractivity contribution < 1.29 is 4.74 Å². The Balaban J connectivity index is 1.33. The lowest BCUT2D eigenvalue weighted by Gasteiger charge is -2.36. The van der Waals surface area contributed by atoms with Gasteiger partial charge < -0.3 is 14.2 Å². The van der Waals surface area contributed by atoms with Gasteiger partial charge in [-0.15, -0.1) is 0 Å². The lowest BCUT2D eigenvalue weighted by atomic mass is 10.1. The minimum Gasteiger partial charge on any atom is -0.495 e. The van der Waals surface area contributed by atoms with Crippen LogP contribution in [0, 0.1) is 0 Å². The van der Waals surface area contributed by atoms with Crippen LogP contribution in [-0.4, -0.2) is 49.3 Å². The molecular formula is C24H27N3O2. The molecule has 0 aliphatic carbocycles. The van der Waals surface area contributed by atoms with Crippen molar-refractivity contribution in [1.29, 1.82) is 0 Å². The number of aromatic nitrogens is 1. The molecule has 1 aliphatic heterocycles. The molecule has 1 aliphatic rings. The number of hydrogen-bond donors (Lipinski definition) is 0. The molecule has 2 heterocycles. The molecule has 4 rings (SSSR count). The molecule has 0 amide bonds. The minimum atomic E-state index is 0.0546. The average molecular weight is 389 g/mol. The van der Waals surface area contributed by atoms with Crippen LogP contribution in [0.1, 0.15) is 0 Å². The molecule has 0 spiro atoms. The molecule has 1 saturated heterocycles. The fourth-order valence-electron chi connectivity index (χ4n) is 3.86. The minimum absolute atomic E-state index is 0.0546. The summed E-state index contributed by atoms with van der Waals surface area (Å²) in [5.74, 6) is 0.922. The van der Waals surface area contributed by atoms with Crippen LogP contribution in [0.5, 0.6) is 5.75 Å². The van der Waals surface area contributed by atoms with E-state index in [1.165, 1.54) is 0 Å². The smallest absolute Gasteiger partial charge is 0.251 e. The molecule has 150 valence electrons. The van der Waals surface area contributed by atoms with Gasteiger partial charge in [0.2, 0.25) is 0 Å². The van der Waals surface area contributed by atoms with Crippen LogP contribution in [0.2, 0.25) is 0 Å². The second-order valence-corrected chi connectivity index (χ2v) is 7.31. The number of piperazine rings is 1. The number of para-hydroxylation sites is 2. The van der Waals surface area contributed by atoms with Crippen LogP contribution in [-0.2, 0) is 6.54 Å². The zero-order valence-electron chi connectivity index (χ0n) is 16.8. The van der Waals surface area contributed by atoms with E-state index < -0.39 is 0 Å². The van der Waals surface area contributed by atoms with Gasteiger partial charge in [0.1, 0.15) is 5.75 Å². The molecule has 0 unspecified atom stereocenters. The largest absolute Gasteiger partial charge is 0.495 e. The summed E-state index contributed by atoms with van der Waals surface area (Å²) in [6, 6.07) is 22.0. The first kappa shape index (κ1) is 19.3.